The Morgan fingerprint density at radius 3 is 2.80 bits per heavy atom. The van der Waals surface area contributed by atoms with Gasteiger partial charge >= 0.3 is 5.95 Å². The summed E-state index contributed by atoms with van der Waals surface area (Å²) in [7, 11) is 0. The summed E-state index contributed by atoms with van der Waals surface area (Å²) in [5.74, 6) is -0.127. The summed E-state index contributed by atoms with van der Waals surface area (Å²) in [6.07, 6.45) is 3.72. The van der Waals surface area contributed by atoms with Crippen LogP contribution in [0.5, 0.6) is 0 Å². The molecule has 0 radical (unpaired) electrons. The van der Waals surface area contributed by atoms with E-state index < -0.39 is 11.0 Å². The second kappa shape index (κ2) is 6.76. The lowest BCUT2D eigenvalue weighted by Gasteiger charge is -2.31. The zero-order valence-corrected chi connectivity index (χ0v) is 11.2. The van der Waals surface area contributed by atoms with Crippen LogP contribution in [-0.2, 0) is 6.54 Å². The van der Waals surface area contributed by atoms with Crippen molar-refractivity contribution in [2.75, 3.05) is 26.3 Å². The van der Waals surface area contributed by atoms with E-state index in [4.69, 9.17) is 0 Å². The third-order valence-electron chi connectivity index (χ3n) is 3.66. The number of nitrogens with zero attached hydrogens (tertiary/aromatic N) is 4. The first-order chi connectivity index (χ1) is 9.60. The van der Waals surface area contributed by atoms with Crippen LogP contribution >= 0.6 is 0 Å². The summed E-state index contributed by atoms with van der Waals surface area (Å²) in [6.45, 7) is 1.82. The van der Waals surface area contributed by atoms with Gasteiger partial charge in [0.15, 0.2) is 0 Å². The maximum absolute atomic E-state index is 12.5. The van der Waals surface area contributed by atoms with Crippen LogP contribution in [0.15, 0.2) is 12.4 Å². The van der Waals surface area contributed by atoms with E-state index >= 15 is 0 Å². The van der Waals surface area contributed by atoms with E-state index in [9.17, 15) is 19.6 Å². The number of halogens is 1. The average Bonchev–Trinajstić information content (AvgIpc) is 2.87. The third-order valence-corrected chi connectivity index (χ3v) is 3.66. The van der Waals surface area contributed by atoms with Gasteiger partial charge in [0, 0.05) is 6.54 Å². The summed E-state index contributed by atoms with van der Waals surface area (Å²) in [4.78, 5) is 15.9. The van der Waals surface area contributed by atoms with Crippen LogP contribution in [0.4, 0.5) is 10.3 Å². The summed E-state index contributed by atoms with van der Waals surface area (Å²) in [5, 5.41) is 20.7. The van der Waals surface area contributed by atoms with Crippen molar-refractivity contribution in [3.63, 3.8) is 0 Å². The van der Waals surface area contributed by atoms with Crippen molar-refractivity contribution in [1.29, 1.82) is 0 Å². The molecule has 2 heterocycles. The Bertz CT molecular complexity index is 446. The maximum atomic E-state index is 12.5. The van der Waals surface area contributed by atoms with Crippen LogP contribution in [0.3, 0.4) is 0 Å². The molecule has 1 aliphatic rings. The number of β-amino-alcohol motifs (C(OH)–C–C–N with tert-alkyl or cyclic N) is 1. The lowest BCUT2D eigenvalue weighted by molar-refractivity contribution is -0.397. The Morgan fingerprint density at radius 1 is 1.50 bits per heavy atom. The van der Waals surface area contributed by atoms with Crippen LogP contribution < -0.4 is 0 Å². The molecule has 1 fully saturated rings. The molecule has 0 bridgehead atoms. The second-order valence-electron chi connectivity index (χ2n) is 5.19. The van der Waals surface area contributed by atoms with E-state index in [-0.39, 0.29) is 25.1 Å². The minimum Gasteiger partial charge on any atom is -0.390 e. The zero-order valence-electron chi connectivity index (χ0n) is 11.2. The Labute approximate surface area is 116 Å². The molecular formula is C12H19FN4O3. The molecule has 0 amide bonds. The molecule has 1 aliphatic heterocycles. The largest absolute Gasteiger partial charge is 0.434 e. The van der Waals surface area contributed by atoms with Crippen LogP contribution in [0.1, 0.15) is 12.8 Å². The summed E-state index contributed by atoms with van der Waals surface area (Å²) >= 11 is 0. The van der Waals surface area contributed by atoms with Gasteiger partial charge in [0.2, 0.25) is 0 Å². The monoisotopic (exact) mass is 286 g/mol. The Morgan fingerprint density at radius 2 is 2.20 bits per heavy atom. The number of aliphatic hydroxyl groups excluding tert-OH is 1. The van der Waals surface area contributed by atoms with Crippen molar-refractivity contribution in [2.24, 2.45) is 5.92 Å². The predicted molar refractivity (Wildman–Crippen MR) is 70.0 cm³/mol. The van der Waals surface area contributed by atoms with E-state index in [0.717, 1.165) is 25.9 Å². The number of likely N-dealkylation sites (tertiary alicyclic amines) is 1. The minimum atomic E-state index is -0.704. The van der Waals surface area contributed by atoms with Gasteiger partial charge in [-0.1, -0.05) is 4.98 Å². The van der Waals surface area contributed by atoms with Gasteiger partial charge in [-0.05, 0) is 36.8 Å². The number of aliphatic hydroxyl groups is 1. The van der Waals surface area contributed by atoms with Crippen molar-refractivity contribution >= 4 is 5.95 Å². The average molecular weight is 286 g/mol. The summed E-state index contributed by atoms with van der Waals surface area (Å²) < 4.78 is 13.8. The molecule has 0 aliphatic carbocycles. The standard InChI is InChI=1S/C12H19FN4O3/c13-7-10-1-4-15(5-2-10)8-11(18)9-16-6-3-14-12(16)17(19)20/h3,6,10-11,18H,1-2,4-5,7-9H2. The molecule has 1 aromatic heterocycles. The van der Waals surface area contributed by atoms with Crippen molar-refractivity contribution in [3.8, 4) is 0 Å². The zero-order chi connectivity index (χ0) is 14.5. The van der Waals surface area contributed by atoms with Gasteiger partial charge in [0.25, 0.3) is 0 Å². The second-order valence-corrected chi connectivity index (χ2v) is 5.19. The first-order valence-electron chi connectivity index (χ1n) is 6.72. The van der Waals surface area contributed by atoms with Crippen LogP contribution in [-0.4, -0.2) is 56.9 Å². The molecule has 7 nitrogen and oxygen atoms in total. The third kappa shape index (κ3) is 3.73. The molecule has 0 saturated carbocycles. The summed E-state index contributed by atoms with van der Waals surface area (Å²) in [5.41, 5.74) is 0. The van der Waals surface area contributed by atoms with E-state index in [1.54, 1.807) is 0 Å². The van der Waals surface area contributed by atoms with Gasteiger partial charge < -0.3 is 20.1 Å². The van der Waals surface area contributed by atoms with Crippen LogP contribution in [0.25, 0.3) is 0 Å². The SMILES string of the molecule is O=[N+]([O-])c1nccn1CC(O)CN1CCC(CF)CC1. The fourth-order valence-corrected chi connectivity index (χ4v) is 2.52. The molecule has 0 aromatic carbocycles. The highest BCUT2D eigenvalue weighted by Gasteiger charge is 2.23. The number of piperidine rings is 1. The highest BCUT2D eigenvalue weighted by molar-refractivity contribution is 5.06. The smallest absolute Gasteiger partial charge is 0.390 e. The fourth-order valence-electron chi connectivity index (χ4n) is 2.52. The first-order valence-corrected chi connectivity index (χ1v) is 6.72. The van der Waals surface area contributed by atoms with Gasteiger partial charge in [-0.15, -0.1) is 0 Å². The topological polar surface area (TPSA) is 84.4 Å². The van der Waals surface area contributed by atoms with Crippen molar-refractivity contribution in [2.45, 2.75) is 25.5 Å². The Kier molecular flexibility index (Phi) is 5.02. The van der Waals surface area contributed by atoms with Gasteiger partial charge in [0.1, 0.15) is 12.4 Å². The maximum Gasteiger partial charge on any atom is 0.434 e. The van der Waals surface area contributed by atoms with Gasteiger partial charge in [-0.2, -0.15) is 0 Å². The lowest BCUT2D eigenvalue weighted by atomic mass is 9.98. The number of hydrogen-bond acceptors (Lipinski definition) is 5. The quantitative estimate of drug-likeness (QED) is 0.618. The normalized spacial score (nSPS) is 19.1. The predicted octanol–water partition coefficient (Wildman–Crippen LogP) is 0.834. The number of hydrogen-bond donors (Lipinski definition) is 1. The van der Waals surface area contributed by atoms with Crippen LogP contribution in [0, 0.1) is 16.0 Å². The van der Waals surface area contributed by atoms with Crippen LogP contribution in [0.2, 0.25) is 0 Å². The molecule has 20 heavy (non-hydrogen) atoms. The molecule has 1 atom stereocenters. The van der Waals surface area contributed by atoms with Gasteiger partial charge in [-0.25, -0.2) is 4.57 Å². The van der Waals surface area contributed by atoms with E-state index in [0.29, 0.717) is 6.54 Å². The van der Waals surface area contributed by atoms with Crippen molar-refractivity contribution in [3.05, 3.63) is 22.5 Å². The molecule has 1 N–H and O–H groups in total. The molecule has 0 spiro atoms. The minimum absolute atomic E-state index is 0.137. The number of nitro groups is 1. The van der Waals surface area contributed by atoms with Crippen molar-refractivity contribution in [1.82, 2.24) is 14.5 Å². The lowest BCUT2D eigenvalue weighted by Crippen LogP contribution is -2.40. The number of alkyl halides is 1. The fraction of sp³-hybridized carbons (Fsp3) is 0.750. The molecule has 1 saturated heterocycles. The molecule has 1 unspecified atom stereocenters. The molecular weight excluding hydrogens is 267 g/mol. The number of aromatic nitrogens is 2. The first kappa shape index (κ1) is 14.9. The van der Waals surface area contributed by atoms with Gasteiger partial charge in [0.05, 0.1) is 19.3 Å². The van der Waals surface area contributed by atoms with E-state index in [1.165, 1.54) is 17.0 Å². The highest BCUT2D eigenvalue weighted by atomic mass is 19.1. The van der Waals surface area contributed by atoms with Crippen molar-refractivity contribution < 1.29 is 14.4 Å². The Balaban J connectivity index is 1.82. The highest BCUT2D eigenvalue weighted by Crippen LogP contribution is 2.18. The van der Waals surface area contributed by atoms with Gasteiger partial charge in [-0.3, -0.25) is 4.39 Å². The Hall–Kier alpha value is -1.54. The number of rotatable bonds is 6. The molecule has 1 aromatic rings. The van der Waals surface area contributed by atoms with E-state index in [1.807, 2.05) is 0 Å². The number of imidazole rings is 1. The molecule has 2 rings (SSSR count). The summed E-state index contributed by atoms with van der Waals surface area (Å²) in [6, 6.07) is 0. The van der Waals surface area contributed by atoms with E-state index in [2.05, 4.69) is 9.88 Å². The molecule has 8 heteroatoms. The molecule has 112 valence electrons.